The Kier molecular flexibility index (Phi) is 6.27. The number of rotatable bonds is 7. The standard InChI is InChI=1S/C16H19ClN2O3S/c1-19(9-11-5-4-6-23-11)10-16(20)18-13-8-14(21-2)12(17)7-15(13)22-3/h4-8H,9-10H2,1-3H3,(H,18,20). The van der Waals surface area contributed by atoms with Gasteiger partial charge in [-0.1, -0.05) is 17.7 Å². The number of thiophene rings is 1. The van der Waals surface area contributed by atoms with Gasteiger partial charge in [-0.05, 0) is 18.5 Å². The number of anilines is 1. The Morgan fingerprint density at radius 1 is 1.30 bits per heavy atom. The minimum Gasteiger partial charge on any atom is -0.495 e. The molecular formula is C16H19ClN2O3S. The molecule has 0 aliphatic heterocycles. The van der Waals surface area contributed by atoms with Crippen molar-refractivity contribution in [2.24, 2.45) is 0 Å². The van der Waals surface area contributed by atoms with Crippen molar-refractivity contribution in [2.75, 3.05) is 33.1 Å². The lowest BCUT2D eigenvalue weighted by Crippen LogP contribution is -2.29. The van der Waals surface area contributed by atoms with Crippen LogP contribution in [-0.2, 0) is 11.3 Å². The minimum atomic E-state index is -0.133. The van der Waals surface area contributed by atoms with Crippen molar-refractivity contribution in [2.45, 2.75) is 6.54 Å². The zero-order chi connectivity index (χ0) is 16.8. The van der Waals surface area contributed by atoms with Crippen LogP contribution < -0.4 is 14.8 Å². The smallest absolute Gasteiger partial charge is 0.238 e. The molecule has 0 unspecified atom stereocenters. The second-order valence-electron chi connectivity index (χ2n) is 4.99. The summed E-state index contributed by atoms with van der Waals surface area (Å²) in [5.41, 5.74) is 0.531. The first-order valence-electron chi connectivity index (χ1n) is 6.95. The van der Waals surface area contributed by atoms with Gasteiger partial charge in [0.25, 0.3) is 0 Å². The number of hydrogen-bond donors (Lipinski definition) is 1. The highest BCUT2D eigenvalue weighted by Gasteiger charge is 2.14. The van der Waals surface area contributed by atoms with Crippen LogP contribution in [0.5, 0.6) is 11.5 Å². The fourth-order valence-electron chi connectivity index (χ4n) is 2.12. The van der Waals surface area contributed by atoms with Crippen LogP contribution in [0.15, 0.2) is 29.6 Å². The third-order valence-electron chi connectivity index (χ3n) is 3.17. The highest BCUT2D eigenvalue weighted by Crippen LogP contribution is 2.35. The zero-order valence-corrected chi connectivity index (χ0v) is 14.8. The summed E-state index contributed by atoms with van der Waals surface area (Å²) in [6.07, 6.45) is 0. The Morgan fingerprint density at radius 2 is 2.04 bits per heavy atom. The average Bonchev–Trinajstić information content (AvgIpc) is 3.01. The number of benzene rings is 1. The van der Waals surface area contributed by atoms with Crippen molar-refractivity contribution in [3.05, 3.63) is 39.5 Å². The van der Waals surface area contributed by atoms with Crippen molar-refractivity contribution in [3.63, 3.8) is 0 Å². The normalized spacial score (nSPS) is 10.7. The number of nitrogens with zero attached hydrogens (tertiary/aromatic N) is 1. The molecule has 23 heavy (non-hydrogen) atoms. The van der Waals surface area contributed by atoms with Gasteiger partial charge in [0.2, 0.25) is 5.91 Å². The summed E-state index contributed by atoms with van der Waals surface area (Å²) in [5.74, 6) is 0.839. The molecule has 0 bridgehead atoms. The molecule has 124 valence electrons. The van der Waals surface area contributed by atoms with Crippen LogP contribution in [-0.4, -0.2) is 38.6 Å². The number of carbonyl (C=O) groups is 1. The van der Waals surface area contributed by atoms with Gasteiger partial charge in [0, 0.05) is 23.6 Å². The summed E-state index contributed by atoms with van der Waals surface area (Å²) in [6, 6.07) is 7.31. The minimum absolute atomic E-state index is 0.133. The van der Waals surface area contributed by atoms with Crippen molar-refractivity contribution in [3.8, 4) is 11.5 Å². The maximum atomic E-state index is 12.2. The van der Waals surface area contributed by atoms with Crippen LogP contribution in [0.3, 0.4) is 0 Å². The van der Waals surface area contributed by atoms with Crippen molar-refractivity contribution >= 4 is 34.5 Å². The summed E-state index contributed by atoms with van der Waals surface area (Å²) in [4.78, 5) is 15.4. The molecule has 1 heterocycles. The molecule has 0 aliphatic rings. The van der Waals surface area contributed by atoms with Crippen LogP contribution >= 0.6 is 22.9 Å². The Balaban J connectivity index is 2.01. The first kappa shape index (κ1) is 17.6. The molecule has 0 atom stereocenters. The second kappa shape index (κ2) is 8.19. The molecule has 2 rings (SSSR count). The number of hydrogen-bond acceptors (Lipinski definition) is 5. The molecule has 0 saturated carbocycles. The van der Waals surface area contributed by atoms with E-state index in [0.29, 0.717) is 22.2 Å². The molecule has 1 aromatic heterocycles. The third-order valence-corrected chi connectivity index (χ3v) is 4.32. The number of ether oxygens (including phenoxy) is 2. The highest BCUT2D eigenvalue weighted by atomic mass is 35.5. The monoisotopic (exact) mass is 354 g/mol. The van der Waals surface area contributed by atoms with Crippen molar-refractivity contribution in [1.82, 2.24) is 4.90 Å². The van der Waals surface area contributed by atoms with Gasteiger partial charge in [-0.3, -0.25) is 9.69 Å². The maximum Gasteiger partial charge on any atom is 0.238 e. The topological polar surface area (TPSA) is 50.8 Å². The lowest BCUT2D eigenvalue weighted by atomic mass is 10.2. The summed E-state index contributed by atoms with van der Waals surface area (Å²) in [5, 5.41) is 5.28. The van der Waals surface area contributed by atoms with Gasteiger partial charge >= 0.3 is 0 Å². The molecule has 0 spiro atoms. The molecule has 0 saturated heterocycles. The van der Waals surface area contributed by atoms with E-state index in [2.05, 4.69) is 5.32 Å². The zero-order valence-electron chi connectivity index (χ0n) is 13.3. The number of nitrogens with one attached hydrogen (secondary N) is 1. The molecule has 0 aliphatic carbocycles. The van der Waals surface area contributed by atoms with Gasteiger partial charge in [-0.15, -0.1) is 11.3 Å². The average molecular weight is 355 g/mol. The van der Waals surface area contributed by atoms with Gasteiger partial charge in [-0.2, -0.15) is 0 Å². The molecule has 7 heteroatoms. The summed E-state index contributed by atoms with van der Waals surface area (Å²) >= 11 is 7.73. The van der Waals surface area contributed by atoms with Gasteiger partial charge in [0.15, 0.2) is 0 Å². The van der Waals surface area contributed by atoms with Crippen LogP contribution in [0.4, 0.5) is 5.69 Å². The van der Waals surface area contributed by atoms with E-state index in [-0.39, 0.29) is 12.5 Å². The molecule has 0 fully saturated rings. The second-order valence-corrected chi connectivity index (χ2v) is 6.43. The number of likely N-dealkylation sites (N-methyl/N-ethyl adjacent to an activating group) is 1. The summed E-state index contributed by atoms with van der Waals surface area (Å²) in [6.45, 7) is 0.998. The van der Waals surface area contributed by atoms with Crippen molar-refractivity contribution in [1.29, 1.82) is 0 Å². The predicted molar refractivity (Wildman–Crippen MR) is 93.8 cm³/mol. The van der Waals surface area contributed by atoms with E-state index in [4.69, 9.17) is 21.1 Å². The fraction of sp³-hybridized carbons (Fsp3) is 0.312. The Morgan fingerprint density at radius 3 is 2.65 bits per heavy atom. The first-order valence-corrected chi connectivity index (χ1v) is 8.21. The van der Waals surface area contributed by atoms with E-state index in [0.717, 1.165) is 6.54 Å². The van der Waals surface area contributed by atoms with Gasteiger partial charge < -0.3 is 14.8 Å². The van der Waals surface area contributed by atoms with Gasteiger partial charge in [0.05, 0.1) is 31.5 Å². The van der Waals surface area contributed by atoms with Crippen LogP contribution in [0.2, 0.25) is 5.02 Å². The van der Waals surface area contributed by atoms with Crippen LogP contribution in [0, 0.1) is 0 Å². The first-order chi connectivity index (χ1) is 11.0. The van der Waals surface area contributed by atoms with E-state index in [1.165, 1.54) is 19.1 Å². The van der Waals surface area contributed by atoms with E-state index >= 15 is 0 Å². The Labute approximate surface area is 144 Å². The number of halogens is 1. The lowest BCUT2D eigenvalue weighted by molar-refractivity contribution is -0.117. The quantitative estimate of drug-likeness (QED) is 0.827. The molecule has 0 radical (unpaired) electrons. The maximum absolute atomic E-state index is 12.2. The molecule has 1 aromatic carbocycles. The van der Waals surface area contributed by atoms with E-state index in [9.17, 15) is 4.79 Å². The Bertz CT molecular complexity index is 662. The van der Waals surface area contributed by atoms with Gasteiger partial charge in [-0.25, -0.2) is 0 Å². The van der Waals surface area contributed by atoms with Crippen LogP contribution in [0.1, 0.15) is 4.88 Å². The molecule has 5 nitrogen and oxygen atoms in total. The molecule has 2 aromatic rings. The fourth-order valence-corrected chi connectivity index (χ4v) is 3.13. The molecular weight excluding hydrogens is 336 g/mol. The Hall–Kier alpha value is -1.76. The predicted octanol–water partition coefficient (Wildman–Crippen LogP) is 3.49. The van der Waals surface area contributed by atoms with Gasteiger partial charge in [0.1, 0.15) is 11.5 Å². The summed E-state index contributed by atoms with van der Waals surface area (Å²) in [7, 11) is 4.95. The number of carbonyl (C=O) groups excluding carboxylic acids is 1. The number of methoxy groups -OCH3 is 2. The van der Waals surface area contributed by atoms with Crippen molar-refractivity contribution < 1.29 is 14.3 Å². The highest BCUT2D eigenvalue weighted by molar-refractivity contribution is 7.09. The molecule has 1 amide bonds. The third kappa shape index (κ3) is 4.86. The van der Waals surface area contributed by atoms with E-state index < -0.39 is 0 Å². The summed E-state index contributed by atoms with van der Waals surface area (Å²) < 4.78 is 10.4. The number of amides is 1. The molecule has 1 N–H and O–H groups in total. The van der Waals surface area contributed by atoms with E-state index in [1.807, 2.05) is 29.5 Å². The largest absolute Gasteiger partial charge is 0.495 e. The van der Waals surface area contributed by atoms with Crippen LogP contribution in [0.25, 0.3) is 0 Å². The van der Waals surface area contributed by atoms with E-state index in [1.54, 1.807) is 23.5 Å². The lowest BCUT2D eigenvalue weighted by Gasteiger charge is -2.17. The SMILES string of the molecule is COc1cc(NC(=O)CN(C)Cc2cccs2)c(OC)cc1Cl.